The molecule has 0 unspecified atom stereocenters. The minimum absolute atomic E-state index is 0.326. The summed E-state index contributed by atoms with van der Waals surface area (Å²) in [5, 5.41) is 0.531. The molecule has 1 aromatic carbocycles. The first-order chi connectivity index (χ1) is 10.1. The van der Waals surface area contributed by atoms with E-state index in [1.54, 1.807) is 0 Å². The molecular formula is C17H21NO2S. The van der Waals surface area contributed by atoms with Crippen LogP contribution in [0.25, 0.3) is 11.1 Å². The van der Waals surface area contributed by atoms with E-state index in [-0.39, 0.29) is 5.97 Å². The first kappa shape index (κ1) is 15.6. The number of benzene rings is 1. The Balaban J connectivity index is 2.44. The molecule has 3 nitrogen and oxygen atoms in total. The van der Waals surface area contributed by atoms with E-state index in [0.29, 0.717) is 17.2 Å². The van der Waals surface area contributed by atoms with Crippen LogP contribution in [-0.4, -0.2) is 12.6 Å². The van der Waals surface area contributed by atoms with E-state index < -0.39 is 0 Å². The molecule has 2 N–H and O–H groups in total. The van der Waals surface area contributed by atoms with Crippen molar-refractivity contribution in [3.05, 3.63) is 40.3 Å². The lowest BCUT2D eigenvalue weighted by atomic mass is 9.99. The van der Waals surface area contributed by atoms with Crippen LogP contribution in [-0.2, 0) is 11.2 Å². The summed E-state index contributed by atoms with van der Waals surface area (Å²) in [4.78, 5) is 13.3. The van der Waals surface area contributed by atoms with Gasteiger partial charge in [0.05, 0.1) is 6.61 Å². The molecule has 0 atom stereocenters. The number of aryl methyl sites for hydroxylation is 2. The van der Waals surface area contributed by atoms with Gasteiger partial charge in [-0.2, -0.15) is 0 Å². The number of ether oxygens (including phenoxy) is 1. The third kappa shape index (κ3) is 3.27. The van der Waals surface area contributed by atoms with E-state index in [0.717, 1.165) is 28.8 Å². The van der Waals surface area contributed by atoms with Crippen molar-refractivity contribution >= 4 is 22.3 Å². The molecule has 0 aliphatic carbocycles. The molecule has 0 aliphatic heterocycles. The minimum atomic E-state index is -0.326. The lowest BCUT2D eigenvalue weighted by Crippen LogP contribution is -2.08. The third-order valence-electron chi connectivity index (χ3n) is 3.40. The van der Waals surface area contributed by atoms with Gasteiger partial charge >= 0.3 is 5.97 Å². The number of nitrogen functional groups attached to an aromatic ring is 1. The Morgan fingerprint density at radius 2 is 1.90 bits per heavy atom. The number of carbonyl (C=O) groups is 1. The highest BCUT2D eigenvalue weighted by molar-refractivity contribution is 7.16. The van der Waals surface area contributed by atoms with Crippen molar-refractivity contribution in [3.63, 3.8) is 0 Å². The average molecular weight is 303 g/mol. The normalized spacial score (nSPS) is 10.6. The molecule has 1 heterocycles. The van der Waals surface area contributed by atoms with Crippen molar-refractivity contribution in [2.24, 2.45) is 0 Å². The Kier molecular flexibility index (Phi) is 5.02. The lowest BCUT2D eigenvalue weighted by Gasteiger charge is -2.08. The van der Waals surface area contributed by atoms with E-state index in [1.165, 1.54) is 16.9 Å². The number of hydrogen-bond acceptors (Lipinski definition) is 4. The molecule has 0 amide bonds. The Morgan fingerprint density at radius 3 is 2.48 bits per heavy atom. The van der Waals surface area contributed by atoms with E-state index in [4.69, 9.17) is 10.5 Å². The van der Waals surface area contributed by atoms with Crippen molar-refractivity contribution in [2.75, 3.05) is 12.3 Å². The molecule has 0 saturated carbocycles. The number of rotatable bonds is 5. The van der Waals surface area contributed by atoms with E-state index in [2.05, 4.69) is 19.1 Å². The zero-order valence-electron chi connectivity index (χ0n) is 12.7. The molecule has 4 heteroatoms. The molecule has 1 aromatic heterocycles. The van der Waals surface area contributed by atoms with Crippen LogP contribution in [0, 0.1) is 6.92 Å². The lowest BCUT2D eigenvalue weighted by molar-refractivity contribution is 0.0507. The summed E-state index contributed by atoms with van der Waals surface area (Å²) in [7, 11) is 0. The largest absolute Gasteiger partial charge is 0.462 e. The van der Waals surface area contributed by atoms with Gasteiger partial charge in [-0.3, -0.25) is 0 Å². The third-order valence-corrected chi connectivity index (χ3v) is 4.34. The van der Waals surface area contributed by atoms with E-state index in [1.807, 2.05) is 26.0 Å². The van der Waals surface area contributed by atoms with Crippen molar-refractivity contribution < 1.29 is 9.53 Å². The first-order valence-electron chi connectivity index (χ1n) is 7.23. The zero-order chi connectivity index (χ0) is 15.4. The maximum absolute atomic E-state index is 12.3. The van der Waals surface area contributed by atoms with Crippen LogP contribution < -0.4 is 5.73 Å². The van der Waals surface area contributed by atoms with Crippen molar-refractivity contribution in [2.45, 2.75) is 33.6 Å². The SMILES string of the molecule is CCCOC(=O)c1c(N)sc(C)c1-c1ccc(CC)cc1. The summed E-state index contributed by atoms with van der Waals surface area (Å²) in [5.41, 5.74) is 9.73. The second-order valence-electron chi connectivity index (χ2n) is 4.96. The average Bonchev–Trinajstić information content (AvgIpc) is 2.79. The Morgan fingerprint density at radius 1 is 1.24 bits per heavy atom. The molecule has 0 aliphatic rings. The molecule has 0 saturated heterocycles. The standard InChI is InChI=1S/C17H21NO2S/c1-4-10-20-17(19)15-14(11(3)21-16(15)18)13-8-6-12(5-2)7-9-13/h6-9H,4-5,10,18H2,1-3H3. The molecule has 2 aromatic rings. The van der Waals surface area contributed by atoms with Crippen LogP contribution in [0.1, 0.15) is 41.1 Å². The summed E-state index contributed by atoms with van der Waals surface area (Å²) in [5.74, 6) is -0.326. The highest BCUT2D eigenvalue weighted by Gasteiger charge is 2.22. The Hall–Kier alpha value is -1.81. The number of esters is 1. The zero-order valence-corrected chi connectivity index (χ0v) is 13.5. The monoisotopic (exact) mass is 303 g/mol. The number of anilines is 1. The van der Waals surface area contributed by atoms with Crippen LogP contribution in [0.3, 0.4) is 0 Å². The van der Waals surface area contributed by atoms with Crippen molar-refractivity contribution in [3.8, 4) is 11.1 Å². The van der Waals surface area contributed by atoms with Gasteiger partial charge in [-0.25, -0.2) is 4.79 Å². The van der Waals surface area contributed by atoms with Crippen molar-refractivity contribution in [1.82, 2.24) is 0 Å². The quantitative estimate of drug-likeness (QED) is 0.831. The van der Waals surface area contributed by atoms with Crippen LogP contribution in [0.5, 0.6) is 0 Å². The summed E-state index contributed by atoms with van der Waals surface area (Å²) in [6.07, 6.45) is 1.80. The molecular weight excluding hydrogens is 282 g/mol. The maximum atomic E-state index is 12.3. The number of hydrogen-bond donors (Lipinski definition) is 1. The summed E-state index contributed by atoms with van der Waals surface area (Å²) >= 11 is 1.44. The van der Waals surface area contributed by atoms with Crippen LogP contribution in [0.15, 0.2) is 24.3 Å². The van der Waals surface area contributed by atoms with Gasteiger partial charge < -0.3 is 10.5 Å². The van der Waals surface area contributed by atoms with Crippen LogP contribution in [0.4, 0.5) is 5.00 Å². The molecule has 2 rings (SSSR count). The van der Waals surface area contributed by atoms with Gasteiger partial charge in [0, 0.05) is 10.4 Å². The molecule has 0 fully saturated rings. The minimum Gasteiger partial charge on any atom is -0.462 e. The summed E-state index contributed by atoms with van der Waals surface area (Å²) in [6.45, 7) is 6.50. The van der Waals surface area contributed by atoms with Gasteiger partial charge in [0.15, 0.2) is 0 Å². The number of nitrogens with two attached hydrogens (primary N) is 1. The molecule has 0 spiro atoms. The van der Waals surface area contributed by atoms with Gasteiger partial charge in [0.2, 0.25) is 0 Å². The fourth-order valence-electron chi connectivity index (χ4n) is 2.29. The number of thiophene rings is 1. The predicted molar refractivity (Wildman–Crippen MR) is 88.9 cm³/mol. The molecule has 112 valence electrons. The highest BCUT2D eigenvalue weighted by atomic mass is 32.1. The van der Waals surface area contributed by atoms with Gasteiger partial charge in [0.25, 0.3) is 0 Å². The van der Waals surface area contributed by atoms with Gasteiger partial charge in [-0.05, 0) is 30.9 Å². The molecule has 0 bridgehead atoms. The van der Waals surface area contributed by atoms with E-state index in [9.17, 15) is 4.79 Å². The fraction of sp³-hybridized carbons (Fsp3) is 0.353. The Labute approximate surface area is 129 Å². The van der Waals surface area contributed by atoms with Gasteiger partial charge in [0.1, 0.15) is 10.6 Å². The van der Waals surface area contributed by atoms with Gasteiger partial charge in [-0.1, -0.05) is 38.1 Å². The topological polar surface area (TPSA) is 52.3 Å². The van der Waals surface area contributed by atoms with Crippen LogP contribution in [0.2, 0.25) is 0 Å². The van der Waals surface area contributed by atoms with Gasteiger partial charge in [-0.15, -0.1) is 11.3 Å². The summed E-state index contributed by atoms with van der Waals surface area (Å²) < 4.78 is 5.27. The predicted octanol–water partition coefficient (Wildman–Crippen LogP) is 4.43. The maximum Gasteiger partial charge on any atom is 0.341 e. The fourth-order valence-corrected chi connectivity index (χ4v) is 3.23. The second-order valence-corrected chi connectivity index (χ2v) is 6.22. The Bertz CT molecular complexity index is 629. The first-order valence-corrected chi connectivity index (χ1v) is 8.05. The summed E-state index contributed by atoms with van der Waals surface area (Å²) in [6, 6.07) is 8.27. The second kappa shape index (κ2) is 6.76. The smallest absolute Gasteiger partial charge is 0.341 e. The van der Waals surface area contributed by atoms with Crippen molar-refractivity contribution in [1.29, 1.82) is 0 Å². The van der Waals surface area contributed by atoms with E-state index >= 15 is 0 Å². The molecule has 21 heavy (non-hydrogen) atoms. The highest BCUT2D eigenvalue weighted by Crippen LogP contribution is 2.38. The van der Waals surface area contributed by atoms with Crippen LogP contribution >= 0.6 is 11.3 Å². The number of carbonyl (C=O) groups excluding carboxylic acids is 1. The molecule has 0 radical (unpaired) electrons.